The van der Waals surface area contributed by atoms with Crippen molar-refractivity contribution in [2.75, 3.05) is 13.6 Å². The molecule has 0 aliphatic heterocycles. The molecule has 0 radical (unpaired) electrons. The van der Waals surface area contributed by atoms with Crippen molar-refractivity contribution in [3.8, 4) is 0 Å². The molecule has 0 heterocycles. The van der Waals surface area contributed by atoms with Crippen LogP contribution in [0.3, 0.4) is 0 Å². The standard InChI is InChI=1S/C12H15FN2O2/c1-9-7-11(13)10(5-3-4-6-14-2)8-12(9)15(16)17/h3,5,7-8,14H,4,6H2,1-2H3. The molecule has 0 amide bonds. The first kappa shape index (κ1) is 13.3. The third-order valence-electron chi connectivity index (χ3n) is 2.37. The highest BCUT2D eigenvalue weighted by atomic mass is 19.1. The molecule has 1 aromatic carbocycles. The van der Waals surface area contributed by atoms with E-state index in [2.05, 4.69) is 5.32 Å². The average Bonchev–Trinajstić information content (AvgIpc) is 2.26. The van der Waals surface area contributed by atoms with Gasteiger partial charge in [-0.15, -0.1) is 0 Å². The van der Waals surface area contributed by atoms with Crippen LogP contribution in [0.1, 0.15) is 17.5 Å². The Labute approximate surface area is 99.3 Å². The molecule has 0 saturated heterocycles. The molecule has 5 heteroatoms. The molecule has 1 aromatic rings. The summed E-state index contributed by atoms with van der Waals surface area (Å²) < 4.78 is 13.5. The molecular formula is C12H15FN2O2. The maximum Gasteiger partial charge on any atom is 0.273 e. The average molecular weight is 238 g/mol. The number of nitrogens with zero attached hydrogens (tertiary/aromatic N) is 1. The first-order chi connectivity index (χ1) is 8.06. The fourth-order valence-electron chi connectivity index (χ4n) is 1.44. The lowest BCUT2D eigenvalue weighted by atomic mass is 10.1. The molecule has 0 spiro atoms. The second-order valence-electron chi connectivity index (χ2n) is 3.71. The van der Waals surface area contributed by atoms with Crippen molar-refractivity contribution >= 4 is 11.8 Å². The molecule has 1 N–H and O–H groups in total. The summed E-state index contributed by atoms with van der Waals surface area (Å²) in [6.45, 7) is 2.31. The van der Waals surface area contributed by atoms with Gasteiger partial charge in [0.2, 0.25) is 0 Å². The van der Waals surface area contributed by atoms with Crippen molar-refractivity contribution in [3.63, 3.8) is 0 Å². The van der Waals surface area contributed by atoms with E-state index >= 15 is 0 Å². The Kier molecular flexibility index (Phi) is 4.78. The van der Waals surface area contributed by atoms with Gasteiger partial charge in [-0.3, -0.25) is 10.1 Å². The first-order valence-corrected chi connectivity index (χ1v) is 5.32. The number of nitro benzene ring substituents is 1. The normalized spacial score (nSPS) is 11.0. The number of hydrogen-bond acceptors (Lipinski definition) is 3. The minimum atomic E-state index is -0.500. The molecule has 0 aliphatic carbocycles. The molecule has 0 bridgehead atoms. The van der Waals surface area contributed by atoms with E-state index in [1.165, 1.54) is 19.1 Å². The van der Waals surface area contributed by atoms with Crippen molar-refractivity contribution in [3.05, 3.63) is 45.3 Å². The maximum absolute atomic E-state index is 13.5. The monoisotopic (exact) mass is 238 g/mol. The van der Waals surface area contributed by atoms with Crippen LogP contribution >= 0.6 is 0 Å². The predicted octanol–water partition coefficient (Wildman–Crippen LogP) is 2.67. The van der Waals surface area contributed by atoms with Crippen LogP contribution in [0.25, 0.3) is 6.08 Å². The Morgan fingerprint density at radius 1 is 1.53 bits per heavy atom. The van der Waals surface area contributed by atoms with E-state index in [0.717, 1.165) is 13.0 Å². The van der Waals surface area contributed by atoms with E-state index in [9.17, 15) is 14.5 Å². The minimum Gasteiger partial charge on any atom is -0.319 e. The van der Waals surface area contributed by atoms with E-state index in [1.54, 1.807) is 12.2 Å². The van der Waals surface area contributed by atoms with Gasteiger partial charge in [0.1, 0.15) is 5.82 Å². The number of nitrogens with one attached hydrogen (secondary N) is 1. The van der Waals surface area contributed by atoms with E-state index < -0.39 is 10.7 Å². The van der Waals surface area contributed by atoms with Gasteiger partial charge in [0.15, 0.2) is 0 Å². The van der Waals surface area contributed by atoms with Gasteiger partial charge in [-0.25, -0.2) is 4.39 Å². The maximum atomic E-state index is 13.5. The molecule has 1 rings (SSSR count). The smallest absolute Gasteiger partial charge is 0.273 e. The lowest BCUT2D eigenvalue weighted by Crippen LogP contribution is -2.05. The molecule has 0 fully saturated rings. The van der Waals surface area contributed by atoms with E-state index in [4.69, 9.17) is 0 Å². The van der Waals surface area contributed by atoms with Gasteiger partial charge >= 0.3 is 0 Å². The van der Waals surface area contributed by atoms with Crippen LogP contribution < -0.4 is 5.32 Å². The molecule has 0 unspecified atom stereocenters. The van der Waals surface area contributed by atoms with Gasteiger partial charge in [0.05, 0.1) is 4.92 Å². The van der Waals surface area contributed by atoms with Crippen molar-refractivity contribution in [2.24, 2.45) is 0 Å². The van der Waals surface area contributed by atoms with Gasteiger partial charge in [-0.2, -0.15) is 0 Å². The lowest BCUT2D eigenvalue weighted by molar-refractivity contribution is -0.385. The fraction of sp³-hybridized carbons (Fsp3) is 0.333. The second-order valence-corrected chi connectivity index (χ2v) is 3.71. The van der Waals surface area contributed by atoms with Gasteiger partial charge in [0.25, 0.3) is 5.69 Å². The minimum absolute atomic E-state index is 0.0559. The zero-order valence-electron chi connectivity index (χ0n) is 9.87. The molecule has 92 valence electrons. The largest absolute Gasteiger partial charge is 0.319 e. The topological polar surface area (TPSA) is 55.2 Å². The van der Waals surface area contributed by atoms with Crippen molar-refractivity contribution in [1.82, 2.24) is 5.32 Å². The zero-order valence-corrected chi connectivity index (χ0v) is 9.87. The Bertz CT molecular complexity index is 444. The first-order valence-electron chi connectivity index (χ1n) is 5.32. The van der Waals surface area contributed by atoms with E-state index in [1.807, 2.05) is 7.05 Å². The summed E-state index contributed by atoms with van der Waals surface area (Å²) in [6, 6.07) is 2.45. The van der Waals surface area contributed by atoms with Crippen LogP contribution in [0, 0.1) is 22.9 Å². The van der Waals surface area contributed by atoms with Crippen LogP contribution in [0.5, 0.6) is 0 Å². The van der Waals surface area contributed by atoms with Gasteiger partial charge in [-0.1, -0.05) is 12.2 Å². The summed E-state index contributed by atoms with van der Waals surface area (Å²) in [5, 5.41) is 13.7. The van der Waals surface area contributed by atoms with E-state index in [-0.39, 0.29) is 11.3 Å². The van der Waals surface area contributed by atoms with Crippen LogP contribution in [0.2, 0.25) is 0 Å². The van der Waals surface area contributed by atoms with E-state index in [0.29, 0.717) is 5.56 Å². The summed E-state index contributed by atoms with van der Waals surface area (Å²) in [4.78, 5) is 10.2. The fourth-order valence-corrected chi connectivity index (χ4v) is 1.44. The van der Waals surface area contributed by atoms with Crippen LogP contribution in [-0.4, -0.2) is 18.5 Å². The Balaban J connectivity index is 2.95. The highest BCUT2D eigenvalue weighted by molar-refractivity contribution is 5.56. The van der Waals surface area contributed by atoms with Gasteiger partial charge in [0, 0.05) is 17.2 Å². The third kappa shape index (κ3) is 3.64. The summed E-state index contributed by atoms with van der Waals surface area (Å²) in [5.41, 5.74) is 0.526. The third-order valence-corrected chi connectivity index (χ3v) is 2.37. The van der Waals surface area contributed by atoms with Gasteiger partial charge in [-0.05, 0) is 33.0 Å². The summed E-state index contributed by atoms with van der Waals surface area (Å²) in [7, 11) is 1.82. The molecule has 0 saturated carbocycles. The second kappa shape index (κ2) is 6.10. The number of aryl methyl sites for hydroxylation is 1. The molecule has 17 heavy (non-hydrogen) atoms. The molecular weight excluding hydrogens is 223 g/mol. The number of nitro groups is 1. The number of benzene rings is 1. The number of rotatable bonds is 5. The van der Waals surface area contributed by atoms with Crippen LogP contribution in [-0.2, 0) is 0 Å². The molecule has 4 nitrogen and oxygen atoms in total. The highest BCUT2D eigenvalue weighted by Crippen LogP contribution is 2.23. The molecule has 0 atom stereocenters. The molecule has 0 aliphatic rings. The summed E-state index contributed by atoms with van der Waals surface area (Å²) >= 11 is 0. The Hall–Kier alpha value is -1.75. The predicted molar refractivity (Wildman–Crippen MR) is 65.4 cm³/mol. The van der Waals surface area contributed by atoms with Crippen molar-refractivity contribution in [2.45, 2.75) is 13.3 Å². The Morgan fingerprint density at radius 3 is 2.82 bits per heavy atom. The quantitative estimate of drug-likeness (QED) is 0.487. The molecule has 0 aromatic heterocycles. The lowest BCUT2D eigenvalue weighted by Gasteiger charge is -2.01. The Morgan fingerprint density at radius 2 is 2.24 bits per heavy atom. The highest BCUT2D eigenvalue weighted by Gasteiger charge is 2.13. The van der Waals surface area contributed by atoms with Crippen molar-refractivity contribution in [1.29, 1.82) is 0 Å². The zero-order chi connectivity index (χ0) is 12.8. The SMILES string of the molecule is CNCCC=Cc1cc([N+](=O)[O-])c(C)cc1F. The number of hydrogen-bond donors (Lipinski definition) is 1. The van der Waals surface area contributed by atoms with Crippen molar-refractivity contribution < 1.29 is 9.31 Å². The number of halogens is 1. The van der Waals surface area contributed by atoms with Crippen LogP contribution in [0.15, 0.2) is 18.2 Å². The van der Waals surface area contributed by atoms with Gasteiger partial charge < -0.3 is 5.32 Å². The van der Waals surface area contributed by atoms with Crippen LogP contribution in [0.4, 0.5) is 10.1 Å². The summed E-state index contributed by atoms with van der Waals surface area (Å²) in [6.07, 6.45) is 4.10. The summed E-state index contributed by atoms with van der Waals surface area (Å²) in [5.74, 6) is -0.436.